The number of carbonyl (C=O) groups is 1. The van der Waals surface area contributed by atoms with Gasteiger partial charge in [0.25, 0.3) is 0 Å². The molecule has 0 spiro atoms. The summed E-state index contributed by atoms with van der Waals surface area (Å²) >= 11 is 0. The monoisotopic (exact) mass is 556 g/mol. The Kier molecular flexibility index (Phi) is 12.4. The third-order valence-electron chi connectivity index (χ3n) is 8.04. The van der Waals surface area contributed by atoms with E-state index in [1.807, 2.05) is 43.1 Å². The van der Waals surface area contributed by atoms with E-state index in [2.05, 4.69) is 19.2 Å². The van der Waals surface area contributed by atoms with E-state index >= 15 is 4.39 Å². The number of aryl methyl sites for hydroxylation is 1. The van der Waals surface area contributed by atoms with E-state index in [1.54, 1.807) is 19.2 Å². The Morgan fingerprint density at radius 1 is 1.20 bits per heavy atom. The maximum atomic E-state index is 15.4. The number of likely N-dealkylation sites (tertiary alicyclic amines) is 1. The summed E-state index contributed by atoms with van der Waals surface area (Å²) in [5.74, 6) is 0.710. The summed E-state index contributed by atoms with van der Waals surface area (Å²) in [5, 5.41) is 15.7. The van der Waals surface area contributed by atoms with Gasteiger partial charge in [-0.15, -0.1) is 0 Å². The van der Waals surface area contributed by atoms with Crippen molar-refractivity contribution >= 4 is 5.91 Å². The Bertz CT molecular complexity index is 1060. The molecule has 2 N–H and O–H groups in total. The molecule has 0 aliphatic carbocycles. The third-order valence-corrected chi connectivity index (χ3v) is 8.04. The lowest BCUT2D eigenvalue weighted by Gasteiger charge is -2.43. The molecule has 2 aromatic carbocycles. The second-order valence-corrected chi connectivity index (χ2v) is 11.8. The minimum atomic E-state index is -1.36. The van der Waals surface area contributed by atoms with Crippen LogP contribution in [0.25, 0.3) is 0 Å². The molecule has 1 fully saturated rings. The molecule has 0 saturated carbocycles. The molecule has 7 heteroatoms. The van der Waals surface area contributed by atoms with Gasteiger partial charge in [-0.1, -0.05) is 43.7 Å². The van der Waals surface area contributed by atoms with E-state index in [1.165, 1.54) is 6.07 Å². The maximum absolute atomic E-state index is 15.4. The Hall–Kier alpha value is -2.48. The molecule has 6 nitrogen and oxygen atoms in total. The number of ether oxygens (including phenoxy) is 2. The van der Waals surface area contributed by atoms with Crippen LogP contribution in [-0.2, 0) is 15.1 Å². The van der Waals surface area contributed by atoms with Crippen molar-refractivity contribution < 1.29 is 23.8 Å². The molecule has 0 bridgehead atoms. The van der Waals surface area contributed by atoms with Gasteiger partial charge >= 0.3 is 0 Å². The quantitative estimate of drug-likeness (QED) is 0.247. The minimum Gasteiger partial charge on any atom is -0.454 e. The van der Waals surface area contributed by atoms with Crippen molar-refractivity contribution in [2.24, 2.45) is 17.8 Å². The van der Waals surface area contributed by atoms with E-state index in [-0.39, 0.29) is 23.5 Å². The van der Waals surface area contributed by atoms with Crippen LogP contribution in [-0.4, -0.2) is 56.3 Å². The standard InChI is InChI=1S/C33H49FN2O4/c1-24(2)20-26(22-35-4)21-31(37)36-18-9-10-27(23-36)33(38,17-6-7-19-39-5)29-11-8-12-30(34)32(29)40-28-15-13-25(3)14-16-28/h8,11-16,24,26-27,35,38H,6-7,9-10,17-23H2,1-5H3/t26-,27-,33+/m1/s1. The van der Waals surface area contributed by atoms with E-state index in [9.17, 15) is 9.90 Å². The molecular weight excluding hydrogens is 507 g/mol. The molecule has 222 valence electrons. The van der Waals surface area contributed by atoms with Crippen LogP contribution in [0.3, 0.4) is 0 Å². The zero-order chi connectivity index (χ0) is 29.1. The van der Waals surface area contributed by atoms with Gasteiger partial charge < -0.3 is 24.8 Å². The largest absolute Gasteiger partial charge is 0.454 e. The minimum absolute atomic E-state index is 0.0510. The van der Waals surface area contributed by atoms with Crippen LogP contribution in [0.2, 0.25) is 0 Å². The molecule has 0 aromatic heterocycles. The number of rotatable bonds is 15. The van der Waals surface area contributed by atoms with Gasteiger partial charge in [0, 0.05) is 44.7 Å². The van der Waals surface area contributed by atoms with Crippen molar-refractivity contribution in [2.75, 3.05) is 40.4 Å². The Morgan fingerprint density at radius 2 is 1.95 bits per heavy atom. The number of nitrogens with one attached hydrogen (secondary N) is 1. The van der Waals surface area contributed by atoms with Gasteiger partial charge in [0.15, 0.2) is 11.6 Å². The van der Waals surface area contributed by atoms with Gasteiger partial charge in [0.2, 0.25) is 5.91 Å². The van der Waals surface area contributed by atoms with Gasteiger partial charge in [-0.3, -0.25) is 4.79 Å². The smallest absolute Gasteiger partial charge is 0.222 e. The number of methoxy groups -OCH3 is 1. The number of piperidine rings is 1. The maximum Gasteiger partial charge on any atom is 0.222 e. The number of carbonyl (C=O) groups excluding carboxylic acids is 1. The second kappa shape index (κ2) is 15.5. The third kappa shape index (κ3) is 8.76. The molecule has 3 rings (SSSR count). The number of halogens is 1. The first-order chi connectivity index (χ1) is 19.2. The number of hydrogen-bond acceptors (Lipinski definition) is 5. The number of benzene rings is 2. The lowest BCUT2D eigenvalue weighted by molar-refractivity contribution is -0.138. The van der Waals surface area contributed by atoms with Crippen molar-refractivity contribution in [3.05, 3.63) is 59.4 Å². The van der Waals surface area contributed by atoms with Crippen LogP contribution < -0.4 is 10.1 Å². The summed E-state index contributed by atoms with van der Waals surface area (Å²) in [4.78, 5) is 15.4. The van der Waals surface area contributed by atoms with Crippen molar-refractivity contribution in [1.29, 1.82) is 0 Å². The van der Waals surface area contributed by atoms with Gasteiger partial charge in [-0.25, -0.2) is 4.39 Å². The Balaban J connectivity index is 1.90. The number of para-hydroxylation sites is 1. The normalized spacial score (nSPS) is 18.0. The van der Waals surface area contributed by atoms with Crippen LogP contribution in [0, 0.1) is 30.5 Å². The van der Waals surface area contributed by atoms with Crippen LogP contribution in [0.15, 0.2) is 42.5 Å². The van der Waals surface area contributed by atoms with Crippen LogP contribution in [0.5, 0.6) is 11.5 Å². The number of hydrogen-bond donors (Lipinski definition) is 2. The number of unbranched alkanes of at least 4 members (excludes halogenated alkanes) is 1. The van der Waals surface area contributed by atoms with Crippen molar-refractivity contribution in [1.82, 2.24) is 10.2 Å². The highest BCUT2D eigenvalue weighted by Gasteiger charge is 2.43. The zero-order valence-corrected chi connectivity index (χ0v) is 25.0. The van der Waals surface area contributed by atoms with Crippen molar-refractivity contribution in [3.8, 4) is 11.5 Å². The van der Waals surface area contributed by atoms with E-state index < -0.39 is 11.4 Å². The van der Waals surface area contributed by atoms with Crippen LogP contribution in [0.1, 0.15) is 69.9 Å². The molecule has 1 aliphatic heterocycles. The fraction of sp³-hybridized carbons (Fsp3) is 0.606. The zero-order valence-electron chi connectivity index (χ0n) is 25.0. The molecule has 0 unspecified atom stereocenters. The summed E-state index contributed by atoms with van der Waals surface area (Å²) in [6.07, 6.45) is 4.91. The highest BCUT2D eigenvalue weighted by atomic mass is 19.1. The van der Waals surface area contributed by atoms with Gasteiger partial charge in [-0.2, -0.15) is 0 Å². The van der Waals surface area contributed by atoms with Crippen molar-refractivity contribution in [2.45, 2.75) is 71.3 Å². The summed E-state index contributed by atoms with van der Waals surface area (Å²) in [6, 6.07) is 12.2. The Morgan fingerprint density at radius 3 is 2.62 bits per heavy atom. The molecule has 1 heterocycles. The molecule has 0 radical (unpaired) electrons. The van der Waals surface area contributed by atoms with E-state index in [0.717, 1.165) is 37.8 Å². The van der Waals surface area contributed by atoms with Gasteiger partial charge in [-0.05, 0) is 89.1 Å². The molecular formula is C33H49FN2O4. The summed E-state index contributed by atoms with van der Waals surface area (Å²) in [7, 11) is 3.59. The average Bonchev–Trinajstić information content (AvgIpc) is 2.93. The van der Waals surface area contributed by atoms with Crippen LogP contribution >= 0.6 is 0 Å². The lowest BCUT2D eigenvalue weighted by atomic mass is 9.73. The number of nitrogens with zero attached hydrogens (tertiary/aromatic N) is 1. The fourth-order valence-corrected chi connectivity index (χ4v) is 6.04. The average molecular weight is 557 g/mol. The van der Waals surface area contributed by atoms with E-state index in [4.69, 9.17) is 9.47 Å². The molecule has 1 saturated heterocycles. The topological polar surface area (TPSA) is 71.0 Å². The fourth-order valence-electron chi connectivity index (χ4n) is 6.04. The van der Waals surface area contributed by atoms with Gasteiger partial charge in [0.05, 0.1) is 5.60 Å². The Labute approximate surface area is 240 Å². The number of aliphatic hydroxyl groups is 1. The summed E-state index contributed by atoms with van der Waals surface area (Å²) < 4.78 is 26.7. The predicted molar refractivity (Wildman–Crippen MR) is 158 cm³/mol. The molecule has 1 amide bonds. The SMILES string of the molecule is CNC[C@@H](CC(=O)N1CCC[C@@H]([C@@](O)(CCCCOC)c2cccc(F)c2Oc2ccc(C)cc2)C1)CC(C)C. The lowest BCUT2D eigenvalue weighted by Crippen LogP contribution is -2.48. The first kappa shape index (κ1) is 32.0. The highest BCUT2D eigenvalue weighted by molar-refractivity contribution is 5.76. The first-order valence-electron chi connectivity index (χ1n) is 14.8. The molecule has 1 aliphatic rings. The second-order valence-electron chi connectivity index (χ2n) is 11.8. The molecule has 2 aromatic rings. The first-order valence-corrected chi connectivity index (χ1v) is 14.8. The van der Waals surface area contributed by atoms with Crippen LogP contribution in [0.4, 0.5) is 4.39 Å². The summed E-state index contributed by atoms with van der Waals surface area (Å²) in [5.41, 5.74) is 0.155. The van der Waals surface area contributed by atoms with Gasteiger partial charge in [0.1, 0.15) is 5.75 Å². The number of amides is 1. The van der Waals surface area contributed by atoms with E-state index in [0.29, 0.717) is 56.2 Å². The summed E-state index contributed by atoms with van der Waals surface area (Å²) in [6.45, 7) is 8.85. The van der Waals surface area contributed by atoms with Crippen molar-refractivity contribution in [3.63, 3.8) is 0 Å². The highest BCUT2D eigenvalue weighted by Crippen LogP contribution is 2.45. The molecule has 40 heavy (non-hydrogen) atoms. The molecule has 3 atom stereocenters. The predicted octanol–water partition coefficient (Wildman–Crippen LogP) is 6.44.